The summed E-state index contributed by atoms with van der Waals surface area (Å²) in [5.74, 6) is 1.41. The van der Waals surface area contributed by atoms with Crippen molar-refractivity contribution in [3.8, 4) is 11.5 Å². The van der Waals surface area contributed by atoms with E-state index in [-0.39, 0.29) is 6.61 Å². The highest BCUT2D eigenvalue weighted by Gasteiger charge is 2.08. The maximum absolute atomic E-state index is 9.17. The van der Waals surface area contributed by atoms with Crippen molar-refractivity contribution in [1.29, 1.82) is 0 Å². The van der Waals surface area contributed by atoms with E-state index in [2.05, 4.69) is 0 Å². The fourth-order valence-electron chi connectivity index (χ4n) is 2.54. The van der Waals surface area contributed by atoms with Crippen LogP contribution in [0.5, 0.6) is 11.5 Å². The summed E-state index contributed by atoms with van der Waals surface area (Å²) < 4.78 is 11.9. The van der Waals surface area contributed by atoms with Gasteiger partial charge in [0, 0.05) is 6.61 Å². The largest absolute Gasteiger partial charge is 0.485 e. The summed E-state index contributed by atoms with van der Waals surface area (Å²) >= 11 is 0. The van der Waals surface area contributed by atoms with Gasteiger partial charge in [-0.05, 0) is 35.2 Å². The Morgan fingerprint density at radius 1 is 0.600 bits per heavy atom. The zero-order valence-corrected chi connectivity index (χ0v) is 14.1. The third-order valence-corrected chi connectivity index (χ3v) is 3.88. The lowest BCUT2D eigenvalue weighted by Crippen LogP contribution is -2.02. The van der Waals surface area contributed by atoms with Gasteiger partial charge in [0.1, 0.15) is 13.2 Å². The fraction of sp³-hybridized carbons (Fsp3) is 0.182. The van der Waals surface area contributed by atoms with Gasteiger partial charge >= 0.3 is 0 Å². The van der Waals surface area contributed by atoms with Crippen LogP contribution in [0.3, 0.4) is 0 Å². The van der Waals surface area contributed by atoms with E-state index in [4.69, 9.17) is 14.6 Å². The van der Waals surface area contributed by atoms with E-state index in [1.807, 2.05) is 78.9 Å². The molecule has 0 unspecified atom stereocenters. The Bertz CT molecular complexity index is 770. The highest BCUT2D eigenvalue weighted by Crippen LogP contribution is 2.30. The molecular weight excluding hydrogens is 312 g/mol. The van der Waals surface area contributed by atoms with E-state index in [9.17, 15) is 0 Å². The van der Waals surface area contributed by atoms with Crippen LogP contribution in [0.25, 0.3) is 0 Å². The van der Waals surface area contributed by atoms with Crippen LogP contribution in [-0.2, 0) is 19.6 Å². The van der Waals surface area contributed by atoms with E-state index in [0.717, 1.165) is 16.7 Å². The molecule has 0 fully saturated rings. The van der Waals surface area contributed by atoms with Gasteiger partial charge in [-0.1, -0.05) is 66.7 Å². The molecule has 0 radical (unpaired) electrons. The second-order valence-corrected chi connectivity index (χ2v) is 5.80. The van der Waals surface area contributed by atoms with Crippen molar-refractivity contribution in [2.45, 2.75) is 19.6 Å². The van der Waals surface area contributed by atoms with Crippen LogP contribution >= 0.6 is 0 Å². The minimum absolute atomic E-state index is 0.113. The highest BCUT2D eigenvalue weighted by molar-refractivity contribution is 5.43. The number of aliphatic hydroxyl groups excluding tert-OH is 1. The van der Waals surface area contributed by atoms with Crippen molar-refractivity contribution in [3.05, 3.63) is 95.6 Å². The van der Waals surface area contributed by atoms with Gasteiger partial charge in [0.2, 0.25) is 0 Å². The zero-order chi connectivity index (χ0) is 17.3. The van der Waals surface area contributed by atoms with Crippen molar-refractivity contribution >= 4 is 0 Å². The number of aliphatic hydroxyl groups is 1. The Balaban J connectivity index is 1.73. The van der Waals surface area contributed by atoms with Gasteiger partial charge < -0.3 is 14.6 Å². The van der Waals surface area contributed by atoms with Crippen molar-refractivity contribution in [2.75, 3.05) is 6.61 Å². The molecule has 0 saturated heterocycles. The Morgan fingerprint density at radius 2 is 1.16 bits per heavy atom. The van der Waals surface area contributed by atoms with Crippen LogP contribution in [0.2, 0.25) is 0 Å². The summed E-state index contributed by atoms with van der Waals surface area (Å²) in [6, 6.07) is 25.9. The predicted molar refractivity (Wildman–Crippen MR) is 98.8 cm³/mol. The number of ether oxygens (including phenoxy) is 2. The molecule has 0 spiro atoms. The first kappa shape index (κ1) is 17.1. The van der Waals surface area contributed by atoms with Crippen LogP contribution in [0.1, 0.15) is 16.7 Å². The molecule has 3 heteroatoms. The lowest BCUT2D eigenvalue weighted by Gasteiger charge is -2.14. The molecule has 0 amide bonds. The number of hydrogen-bond donors (Lipinski definition) is 1. The molecule has 0 aliphatic heterocycles. The Hall–Kier alpha value is -2.78. The van der Waals surface area contributed by atoms with Crippen LogP contribution < -0.4 is 9.47 Å². The monoisotopic (exact) mass is 334 g/mol. The summed E-state index contributed by atoms with van der Waals surface area (Å²) in [5.41, 5.74) is 3.23. The van der Waals surface area contributed by atoms with Crippen molar-refractivity contribution in [2.24, 2.45) is 0 Å². The normalized spacial score (nSPS) is 10.4. The minimum Gasteiger partial charge on any atom is -0.485 e. The smallest absolute Gasteiger partial charge is 0.161 e. The number of benzene rings is 3. The lowest BCUT2D eigenvalue weighted by molar-refractivity contribution is 0.255. The topological polar surface area (TPSA) is 38.7 Å². The number of hydrogen-bond acceptors (Lipinski definition) is 3. The molecule has 0 bridgehead atoms. The first-order chi connectivity index (χ1) is 12.3. The molecule has 3 aromatic rings. The summed E-state index contributed by atoms with van der Waals surface area (Å²) in [6.07, 6.45) is 0.598. The van der Waals surface area contributed by atoms with Gasteiger partial charge in [-0.3, -0.25) is 0 Å². The average Bonchev–Trinajstić information content (AvgIpc) is 2.67. The van der Waals surface area contributed by atoms with Crippen LogP contribution in [-0.4, -0.2) is 11.7 Å². The van der Waals surface area contributed by atoms with Gasteiger partial charge in [-0.15, -0.1) is 0 Å². The van der Waals surface area contributed by atoms with E-state index in [1.165, 1.54) is 0 Å². The van der Waals surface area contributed by atoms with Gasteiger partial charge in [0.25, 0.3) is 0 Å². The molecule has 3 rings (SSSR count). The SMILES string of the molecule is OCCc1ccc(OCc2ccccc2)c(OCc2ccccc2)c1. The molecule has 25 heavy (non-hydrogen) atoms. The quantitative estimate of drug-likeness (QED) is 0.664. The second-order valence-electron chi connectivity index (χ2n) is 5.80. The molecule has 0 atom stereocenters. The van der Waals surface area contributed by atoms with Gasteiger partial charge in [-0.25, -0.2) is 0 Å². The molecule has 0 saturated carbocycles. The first-order valence-electron chi connectivity index (χ1n) is 8.42. The fourth-order valence-corrected chi connectivity index (χ4v) is 2.54. The third-order valence-electron chi connectivity index (χ3n) is 3.88. The van der Waals surface area contributed by atoms with Gasteiger partial charge in [0.15, 0.2) is 11.5 Å². The molecule has 3 nitrogen and oxygen atoms in total. The van der Waals surface area contributed by atoms with E-state index >= 15 is 0 Å². The molecule has 0 heterocycles. The van der Waals surface area contributed by atoms with Crippen molar-refractivity contribution in [3.63, 3.8) is 0 Å². The molecular formula is C22H22O3. The Morgan fingerprint density at radius 3 is 1.72 bits per heavy atom. The maximum atomic E-state index is 9.17. The molecule has 0 aliphatic carbocycles. The standard InChI is InChI=1S/C22H22O3/c23-14-13-18-11-12-21(24-16-19-7-3-1-4-8-19)22(15-18)25-17-20-9-5-2-6-10-20/h1-12,15,23H,13-14,16-17H2. The van der Waals surface area contributed by atoms with Crippen LogP contribution in [0.15, 0.2) is 78.9 Å². The molecule has 3 aromatic carbocycles. The van der Waals surface area contributed by atoms with Crippen molar-refractivity contribution in [1.82, 2.24) is 0 Å². The third kappa shape index (κ3) is 5.10. The van der Waals surface area contributed by atoms with Gasteiger partial charge in [-0.2, -0.15) is 0 Å². The molecule has 128 valence electrons. The summed E-state index contributed by atoms with van der Waals surface area (Å²) in [7, 11) is 0. The average molecular weight is 334 g/mol. The summed E-state index contributed by atoms with van der Waals surface area (Å²) in [5, 5.41) is 9.17. The van der Waals surface area contributed by atoms with Gasteiger partial charge in [0.05, 0.1) is 0 Å². The molecule has 0 aromatic heterocycles. The van der Waals surface area contributed by atoms with E-state index in [1.54, 1.807) is 0 Å². The second kappa shape index (κ2) is 8.90. The summed E-state index contributed by atoms with van der Waals surface area (Å²) in [6.45, 7) is 1.08. The highest BCUT2D eigenvalue weighted by atomic mass is 16.5. The lowest BCUT2D eigenvalue weighted by atomic mass is 10.1. The predicted octanol–water partition coefficient (Wildman–Crippen LogP) is 4.38. The summed E-state index contributed by atoms with van der Waals surface area (Å²) in [4.78, 5) is 0. The van der Waals surface area contributed by atoms with Crippen LogP contribution in [0, 0.1) is 0 Å². The Labute approximate surface area is 148 Å². The zero-order valence-electron chi connectivity index (χ0n) is 14.1. The van der Waals surface area contributed by atoms with Crippen LogP contribution in [0.4, 0.5) is 0 Å². The molecule has 0 aliphatic rings. The molecule has 1 N–H and O–H groups in total. The first-order valence-corrected chi connectivity index (χ1v) is 8.42. The maximum Gasteiger partial charge on any atom is 0.161 e. The number of rotatable bonds is 8. The van der Waals surface area contributed by atoms with Crippen molar-refractivity contribution < 1.29 is 14.6 Å². The minimum atomic E-state index is 0.113. The Kier molecular flexibility index (Phi) is 6.07. The van der Waals surface area contributed by atoms with E-state index in [0.29, 0.717) is 31.1 Å². The van der Waals surface area contributed by atoms with E-state index < -0.39 is 0 Å².